The van der Waals surface area contributed by atoms with Crippen molar-refractivity contribution in [1.82, 2.24) is 10.2 Å². The molecule has 4 nitrogen and oxygen atoms in total. The second-order valence-electron chi connectivity index (χ2n) is 5.47. The first-order valence-electron chi connectivity index (χ1n) is 6.93. The average molecular weight is 261 g/mol. The van der Waals surface area contributed by atoms with E-state index in [1.807, 2.05) is 12.1 Å². The van der Waals surface area contributed by atoms with Crippen molar-refractivity contribution in [2.24, 2.45) is 11.7 Å². The van der Waals surface area contributed by atoms with E-state index in [0.717, 1.165) is 32.1 Å². The third kappa shape index (κ3) is 4.33. The monoisotopic (exact) mass is 261 g/mol. The van der Waals surface area contributed by atoms with Gasteiger partial charge in [0.05, 0.1) is 0 Å². The standard InChI is InChI=1S/C15H23N3O/c1-18(11-13-3-2-8-17-9-13)10-12-4-6-14(7-5-12)15(16)19/h4-7,13,17H,2-3,8-11H2,1H3,(H2,16,19). The highest BCUT2D eigenvalue weighted by Gasteiger charge is 2.15. The topological polar surface area (TPSA) is 58.4 Å². The maximum atomic E-state index is 11.0. The Morgan fingerprint density at radius 2 is 2.16 bits per heavy atom. The fourth-order valence-corrected chi connectivity index (χ4v) is 2.67. The van der Waals surface area contributed by atoms with Crippen LogP contribution in [0.25, 0.3) is 0 Å². The van der Waals surface area contributed by atoms with Crippen molar-refractivity contribution in [2.75, 3.05) is 26.7 Å². The van der Waals surface area contributed by atoms with E-state index in [4.69, 9.17) is 5.73 Å². The molecule has 104 valence electrons. The minimum absolute atomic E-state index is 0.367. The van der Waals surface area contributed by atoms with E-state index < -0.39 is 0 Å². The van der Waals surface area contributed by atoms with Gasteiger partial charge in [0, 0.05) is 18.7 Å². The van der Waals surface area contributed by atoms with Crippen molar-refractivity contribution in [1.29, 1.82) is 0 Å². The Morgan fingerprint density at radius 1 is 1.42 bits per heavy atom. The zero-order chi connectivity index (χ0) is 13.7. The molecule has 19 heavy (non-hydrogen) atoms. The molecule has 3 N–H and O–H groups in total. The van der Waals surface area contributed by atoms with Gasteiger partial charge in [-0.25, -0.2) is 0 Å². The van der Waals surface area contributed by atoms with Crippen molar-refractivity contribution in [3.05, 3.63) is 35.4 Å². The molecular weight excluding hydrogens is 238 g/mol. The quantitative estimate of drug-likeness (QED) is 0.838. The lowest BCUT2D eigenvalue weighted by molar-refractivity contribution is 0.100. The van der Waals surface area contributed by atoms with Crippen LogP contribution < -0.4 is 11.1 Å². The van der Waals surface area contributed by atoms with Crippen LogP contribution >= 0.6 is 0 Å². The van der Waals surface area contributed by atoms with E-state index in [1.54, 1.807) is 12.1 Å². The summed E-state index contributed by atoms with van der Waals surface area (Å²) in [5.41, 5.74) is 7.02. The molecule has 1 saturated heterocycles. The minimum Gasteiger partial charge on any atom is -0.366 e. The number of rotatable bonds is 5. The van der Waals surface area contributed by atoms with Gasteiger partial charge < -0.3 is 16.0 Å². The van der Waals surface area contributed by atoms with Crippen LogP contribution in [-0.2, 0) is 6.54 Å². The van der Waals surface area contributed by atoms with E-state index in [0.29, 0.717) is 5.56 Å². The normalized spacial score (nSPS) is 19.6. The molecule has 0 aliphatic carbocycles. The fraction of sp³-hybridized carbons (Fsp3) is 0.533. The summed E-state index contributed by atoms with van der Waals surface area (Å²) in [7, 11) is 2.15. The Kier molecular flexibility index (Phi) is 4.93. The molecule has 0 aromatic heterocycles. The molecular formula is C15H23N3O. The minimum atomic E-state index is -0.367. The van der Waals surface area contributed by atoms with Gasteiger partial charge >= 0.3 is 0 Å². The van der Waals surface area contributed by atoms with Gasteiger partial charge in [0.25, 0.3) is 0 Å². The molecule has 0 saturated carbocycles. The number of nitrogens with two attached hydrogens (primary N) is 1. The number of benzene rings is 1. The lowest BCUT2D eigenvalue weighted by atomic mass is 9.99. The highest BCUT2D eigenvalue weighted by Crippen LogP contribution is 2.13. The van der Waals surface area contributed by atoms with Gasteiger partial charge in [-0.3, -0.25) is 4.79 Å². The van der Waals surface area contributed by atoms with Crippen molar-refractivity contribution in [3.8, 4) is 0 Å². The van der Waals surface area contributed by atoms with Crippen molar-refractivity contribution < 1.29 is 4.79 Å². The van der Waals surface area contributed by atoms with Gasteiger partial charge in [-0.15, -0.1) is 0 Å². The van der Waals surface area contributed by atoms with Crippen LogP contribution in [0.4, 0.5) is 0 Å². The number of hydrogen-bond acceptors (Lipinski definition) is 3. The number of hydrogen-bond donors (Lipinski definition) is 2. The van der Waals surface area contributed by atoms with Crippen LogP contribution in [0.2, 0.25) is 0 Å². The number of primary amides is 1. The molecule has 1 aliphatic rings. The van der Waals surface area contributed by atoms with Gasteiger partial charge in [-0.1, -0.05) is 12.1 Å². The van der Waals surface area contributed by atoms with Gasteiger partial charge in [0.2, 0.25) is 5.91 Å². The second-order valence-corrected chi connectivity index (χ2v) is 5.47. The third-order valence-corrected chi connectivity index (χ3v) is 3.66. The maximum absolute atomic E-state index is 11.0. The second kappa shape index (κ2) is 6.68. The lowest BCUT2D eigenvalue weighted by Crippen LogP contribution is -2.36. The maximum Gasteiger partial charge on any atom is 0.248 e. The molecule has 1 aromatic rings. The average Bonchev–Trinajstić information content (AvgIpc) is 2.40. The largest absolute Gasteiger partial charge is 0.366 e. The van der Waals surface area contributed by atoms with Gasteiger partial charge in [0.15, 0.2) is 0 Å². The summed E-state index contributed by atoms with van der Waals surface area (Å²) >= 11 is 0. The highest BCUT2D eigenvalue weighted by atomic mass is 16.1. The molecule has 1 unspecified atom stereocenters. The summed E-state index contributed by atoms with van der Waals surface area (Å²) in [5.74, 6) is 0.386. The van der Waals surface area contributed by atoms with E-state index in [9.17, 15) is 4.79 Å². The highest BCUT2D eigenvalue weighted by molar-refractivity contribution is 5.92. The summed E-state index contributed by atoms with van der Waals surface area (Å²) in [6, 6.07) is 7.56. The number of piperidine rings is 1. The number of carbonyl (C=O) groups is 1. The van der Waals surface area contributed by atoms with Crippen LogP contribution in [-0.4, -0.2) is 37.5 Å². The zero-order valence-corrected chi connectivity index (χ0v) is 11.6. The van der Waals surface area contributed by atoms with Crippen LogP contribution in [0.5, 0.6) is 0 Å². The lowest BCUT2D eigenvalue weighted by Gasteiger charge is -2.27. The number of nitrogens with zero attached hydrogens (tertiary/aromatic N) is 1. The molecule has 2 rings (SSSR count). The van der Waals surface area contributed by atoms with E-state index in [-0.39, 0.29) is 5.91 Å². The summed E-state index contributed by atoms with van der Waals surface area (Å²) in [6.07, 6.45) is 2.60. The smallest absolute Gasteiger partial charge is 0.248 e. The fourth-order valence-electron chi connectivity index (χ4n) is 2.67. The predicted octanol–water partition coefficient (Wildman–Crippen LogP) is 1.22. The molecule has 1 heterocycles. The number of carbonyl (C=O) groups excluding carboxylic acids is 1. The van der Waals surface area contributed by atoms with Crippen molar-refractivity contribution in [2.45, 2.75) is 19.4 Å². The van der Waals surface area contributed by atoms with Crippen molar-refractivity contribution >= 4 is 5.91 Å². The van der Waals surface area contributed by atoms with Gasteiger partial charge in [-0.05, 0) is 56.6 Å². The molecule has 1 atom stereocenters. The molecule has 0 radical (unpaired) electrons. The summed E-state index contributed by atoms with van der Waals surface area (Å²) < 4.78 is 0. The van der Waals surface area contributed by atoms with E-state index in [1.165, 1.54) is 18.4 Å². The van der Waals surface area contributed by atoms with E-state index >= 15 is 0 Å². The molecule has 1 aromatic carbocycles. The van der Waals surface area contributed by atoms with Crippen molar-refractivity contribution in [3.63, 3.8) is 0 Å². The molecule has 0 spiro atoms. The number of nitrogens with one attached hydrogen (secondary N) is 1. The van der Waals surface area contributed by atoms with Crippen LogP contribution in [0.1, 0.15) is 28.8 Å². The Bertz CT molecular complexity index is 410. The molecule has 0 bridgehead atoms. The zero-order valence-electron chi connectivity index (χ0n) is 11.6. The first kappa shape index (κ1) is 14.0. The molecule has 1 aliphatic heterocycles. The molecule has 1 amide bonds. The van der Waals surface area contributed by atoms with Gasteiger partial charge in [-0.2, -0.15) is 0 Å². The summed E-state index contributed by atoms with van der Waals surface area (Å²) in [4.78, 5) is 13.3. The first-order valence-corrected chi connectivity index (χ1v) is 6.93. The van der Waals surface area contributed by atoms with Crippen LogP contribution in [0, 0.1) is 5.92 Å². The first-order chi connectivity index (χ1) is 9.15. The summed E-state index contributed by atoms with van der Waals surface area (Å²) in [5, 5.41) is 3.45. The SMILES string of the molecule is CN(Cc1ccc(C(N)=O)cc1)CC1CCCNC1. The Balaban J connectivity index is 1.83. The third-order valence-electron chi connectivity index (χ3n) is 3.66. The Labute approximate surface area is 115 Å². The number of amides is 1. The van der Waals surface area contributed by atoms with E-state index in [2.05, 4.69) is 17.3 Å². The Hall–Kier alpha value is -1.39. The Morgan fingerprint density at radius 3 is 2.74 bits per heavy atom. The predicted molar refractivity (Wildman–Crippen MR) is 76.9 cm³/mol. The molecule has 4 heteroatoms. The van der Waals surface area contributed by atoms with Gasteiger partial charge in [0.1, 0.15) is 0 Å². The van der Waals surface area contributed by atoms with Crippen LogP contribution in [0.3, 0.4) is 0 Å². The molecule has 1 fully saturated rings. The van der Waals surface area contributed by atoms with Crippen LogP contribution in [0.15, 0.2) is 24.3 Å². The summed E-state index contributed by atoms with van der Waals surface area (Å²) in [6.45, 7) is 4.32.